The molecular formula is C21H26N4O. The Morgan fingerprint density at radius 1 is 1.04 bits per heavy atom. The fourth-order valence-corrected chi connectivity index (χ4v) is 4.09. The monoisotopic (exact) mass is 350 g/mol. The van der Waals surface area contributed by atoms with Crippen LogP contribution in [0.2, 0.25) is 0 Å². The van der Waals surface area contributed by atoms with Crippen LogP contribution in [0.25, 0.3) is 0 Å². The van der Waals surface area contributed by atoms with Gasteiger partial charge in [-0.1, -0.05) is 6.07 Å². The maximum absolute atomic E-state index is 12.8. The van der Waals surface area contributed by atoms with Crippen molar-refractivity contribution in [1.29, 1.82) is 0 Å². The molecule has 0 unspecified atom stereocenters. The van der Waals surface area contributed by atoms with E-state index in [4.69, 9.17) is 4.98 Å². The molecule has 0 aromatic carbocycles. The zero-order chi connectivity index (χ0) is 17.8. The Labute approximate surface area is 155 Å². The van der Waals surface area contributed by atoms with Gasteiger partial charge >= 0.3 is 0 Å². The third-order valence-electron chi connectivity index (χ3n) is 5.43. The van der Waals surface area contributed by atoms with E-state index < -0.39 is 0 Å². The highest BCUT2D eigenvalue weighted by Gasteiger charge is 2.31. The Morgan fingerprint density at radius 3 is 2.65 bits per heavy atom. The number of amides is 1. The first-order valence-corrected chi connectivity index (χ1v) is 9.66. The standard InChI is InChI=1S/C21H26N4O/c26-21(15-17-8-10-22-11-9-17)25-14-4-7-20(25)19-6-3-5-18(23-19)16-24-12-1-2-13-24/h3,5-6,8-11,20H,1-2,4,7,12-16H2/t20-/m0/s1. The minimum absolute atomic E-state index is 0.114. The normalized spacial score (nSPS) is 20.6. The molecule has 1 atom stereocenters. The highest BCUT2D eigenvalue weighted by molar-refractivity contribution is 5.79. The molecule has 26 heavy (non-hydrogen) atoms. The second-order valence-electron chi connectivity index (χ2n) is 7.31. The van der Waals surface area contributed by atoms with E-state index in [9.17, 15) is 4.79 Å². The maximum atomic E-state index is 12.8. The van der Waals surface area contributed by atoms with Gasteiger partial charge in [0.15, 0.2) is 0 Å². The van der Waals surface area contributed by atoms with Crippen LogP contribution in [0, 0.1) is 0 Å². The molecule has 2 aliphatic rings. The van der Waals surface area contributed by atoms with Gasteiger partial charge in [0.25, 0.3) is 0 Å². The van der Waals surface area contributed by atoms with Crippen molar-refractivity contribution in [1.82, 2.24) is 19.8 Å². The predicted molar refractivity (Wildman–Crippen MR) is 100 cm³/mol. The molecule has 2 aliphatic heterocycles. The molecule has 0 aliphatic carbocycles. The number of pyridine rings is 2. The smallest absolute Gasteiger partial charge is 0.227 e. The van der Waals surface area contributed by atoms with Gasteiger partial charge in [-0.2, -0.15) is 0 Å². The Kier molecular flexibility index (Phi) is 5.25. The van der Waals surface area contributed by atoms with Crippen molar-refractivity contribution in [2.75, 3.05) is 19.6 Å². The summed E-state index contributed by atoms with van der Waals surface area (Å²) in [5.41, 5.74) is 3.19. The lowest BCUT2D eigenvalue weighted by molar-refractivity contribution is -0.131. The number of hydrogen-bond donors (Lipinski definition) is 0. The number of carbonyl (C=O) groups excluding carboxylic acids is 1. The molecule has 0 bridgehead atoms. The molecule has 2 fully saturated rings. The van der Waals surface area contributed by atoms with Gasteiger partial charge in [0.05, 0.1) is 23.9 Å². The van der Waals surface area contributed by atoms with Crippen LogP contribution in [0.15, 0.2) is 42.7 Å². The van der Waals surface area contributed by atoms with Crippen LogP contribution < -0.4 is 0 Å². The summed E-state index contributed by atoms with van der Waals surface area (Å²) in [7, 11) is 0. The van der Waals surface area contributed by atoms with Gasteiger partial charge in [0.2, 0.25) is 5.91 Å². The first-order valence-electron chi connectivity index (χ1n) is 9.66. The molecule has 4 heterocycles. The van der Waals surface area contributed by atoms with Crippen LogP contribution >= 0.6 is 0 Å². The summed E-state index contributed by atoms with van der Waals surface area (Å²) in [5.74, 6) is 0.186. The van der Waals surface area contributed by atoms with E-state index in [0.717, 1.165) is 42.9 Å². The first-order chi connectivity index (χ1) is 12.8. The van der Waals surface area contributed by atoms with Crippen LogP contribution in [-0.2, 0) is 17.8 Å². The Hall–Kier alpha value is -2.27. The number of likely N-dealkylation sites (tertiary alicyclic amines) is 2. The number of aromatic nitrogens is 2. The lowest BCUT2D eigenvalue weighted by atomic mass is 10.1. The SMILES string of the molecule is O=C(Cc1ccncc1)N1CCC[C@H]1c1cccc(CN2CCCC2)n1. The largest absolute Gasteiger partial charge is 0.334 e. The fourth-order valence-electron chi connectivity index (χ4n) is 4.09. The van der Waals surface area contributed by atoms with E-state index in [0.29, 0.717) is 6.42 Å². The van der Waals surface area contributed by atoms with Crippen LogP contribution in [-0.4, -0.2) is 45.3 Å². The maximum Gasteiger partial charge on any atom is 0.227 e. The van der Waals surface area contributed by atoms with Crippen molar-refractivity contribution in [2.45, 2.75) is 44.7 Å². The molecular weight excluding hydrogens is 324 g/mol. The highest BCUT2D eigenvalue weighted by Crippen LogP contribution is 2.31. The van der Waals surface area contributed by atoms with E-state index >= 15 is 0 Å². The highest BCUT2D eigenvalue weighted by atomic mass is 16.2. The second kappa shape index (κ2) is 7.96. The second-order valence-corrected chi connectivity index (χ2v) is 7.31. The van der Waals surface area contributed by atoms with E-state index in [-0.39, 0.29) is 11.9 Å². The fraction of sp³-hybridized carbons (Fsp3) is 0.476. The zero-order valence-electron chi connectivity index (χ0n) is 15.2. The molecule has 4 rings (SSSR count). The van der Waals surface area contributed by atoms with Gasteiger partial charge in [0, 0.05) is 25.5 Å². The zero-order valence-corrected chi connectivity index (χ0v) is 15.2. The molecule has 1 amide bonds. The summed E-state index contributed by atoms with van der Waals surface area (Å²) in [5, 5.41) is 0. The summed E-state index contributed by atoms with van der Waals surface area (Å²) >= 11 is 0. The van der Waals surface area contributed by atoms with Crippen molar-refractivity contribution < 1.29 is 4.79 Å². The van der Waals surface area contributed by atoms with Gasteiger partial charge in [-0.3, -0.25) is 19.7 Å². The lowest BCUT2D eigenvalue weighted by Gasteiger charge is -2.25. The number of nitrogens with zero attached hydrogens (tertiary/aromatic N) is 4. The minimum Gasteiger partial charge on any atom is -0.334 e. The lowest BCUT2D eigenvalue weighted by Crippen LogP contribution is -2.32. The minimum atomic E-state index is 0.114. The third kappa shape index (κ3) is 3.93. The van der Waals surface area contributed by atoms with E-state index in [1.165, 1.54) is 25.9 Å². The average molecular weight is 350 g/mol. The van der Waals surface area contributed by atoms with Crippen molar-refractivity contribution in [3.8, 4) is 0 Å². The Balaban J connectivity index is 1.46. The summed E-state index contributed by atoms with van der Waals surface area (Å²) in [6.07, 6.45) is 8.56. The van der Waals surface area contributed by atoms with E-state index in [2.05, 4.69) is 28.1 Å². The summed E-state index contributed by atoms with van der Waals surface area (Å²) in [6, 6.07) is 10.2. The van der Waals surface area contributed by atoms with Crippen molar-refractivity contribution in [3.63, 3.8) is 0 Å². The molecule has 5 nitrogen and oxygen atoms in total. The number of rotatable bonds is 5. The predicted octanol–water partition coefficient (Wildman–Crippen LogP) is 2.98. The summed E-state index contributed by atoms with van der Waals surface area (Å²) in [6.45, 7) is 4.09. The molecule has 5 heteroatoms. The van der Waals surface area contributed by atoms with E-state index in [1.54, 1.807) is 12.4 Å². The van der Waals surface area contributed by atoms with Crippen LogP contribution in [0.4, 0.5) is 0 Å². The third-order valence-corrected chi connectivity index (χ3v) is 5.43. The molecule has 0 spiro atoms. The van der Waals surface area contributed by atoms with Gasteiger partial charge in [-0.05, 0) is 68.6 Å². The van der Waals surface area contributed by atoms with Crippen molar-refractivity contribution in [2.24, 2.45) is 0 Å². The Morgan fingerprint density at radius 2 is 1.85 bits per heavy atom. The molecule has 136 valence electrons. The first kappa shape index (κ1) is 17.2. The Bertz CT molecular complexity index is 743. The summed E-state index contributed by atoms with van der Waals surface area (Å²) < 4.78 is 0. The topological polar surface area (TPSA) is 49.3 Å². The molecule has 0 radical (unpaired) electrons. The molecule has 0 saturated carbocycles. The van der Waals surface area contributed by atoms with Gasteiger partial charge in [-0.25, -0.2) is 0 Å². The van der Waals surface area contributed by atoms with Crippen molar-refractivity contribution >= 4 is 5.91 Å². The number of carbonyl (C=O) groups is 1. The molecule has 2 aromatic rings. The van der Waals surface area contributed by atoms with Gasteiger partial charge in [0.1, 0.15) is 0 Å². The van der Waals surface area contributed by atoms with Crippen molar-refractivity contribution in [3.05, 3.63) is 59.7 Å². The van der Waals surface area contributed by atoms with E-state index in [1.807, 2.05) is 17.0 Å². The number of hydrogen-bond acceptors (Lipinski definition) is 4. The molecule has 2 aromatic heterocycles. The van der Waals surface area contributed by atoms with Crippen LogP contribution in [0.1, 0.15) is 48.7 Å². The molecule has 2 saturated heterocycles. The quantitative estimate of drug-likeness (QED) is 0.832. The summed E-state index contributed by atoms with van der Waals surface area (Å²) in [4.78, 5) is 26.3. The van der Waals surface area contributed by atoms with Crippen LogP contribution in [0.5, 0.6) is 0 Å². The van der Waals surface area contributed by atoms with Gasteiger partial charge < -0.3 is 4.90 Å². The van der Waals surface area contributed by atoms with Gasteiger partial charge in [-0.15, -0.1) is 0 Å². The van der Waals surface area contributed by atoms with Crippen LogP contribution in [0.3, 0.4) is 0 Å². The average Bonchev–Trinajstić information content (AvgIpc) is 3.34. The molecule has 0 N–H and O–H groups in total.